The number of amides is 1. The van der Waals surface area contributed by atoms with Crippen LogP contribution in [0.3, 0.4) is 0 Å². The number of likely N-dealkylation sites (tertiary alicyclic amines) is 1. The first kappa shape index (κ1) is 22.0. The summed E-state index contributed by atoms with van der Waals surface area (Å²) in [7, 11) is 0. The van der Waals surface area contributed by atoms with Crippen LogP contribution in [0.2, 0.25) is 5.02 Å². The van der Waals surface area contributed by atoms with Gasteiger partial charge in [0.25, 0.3) is 5.91 Å². The predicted octanol–water partition coefficient (Wildman–Crippen LogP) is 1.24. The summed E-state index contributed by atoms with van der Waals surface area (Å²) in [6, 6.07) is 13.0. The van der Waals surface area contributed by atoms with E-state index in [1.807, 2.05) is 24.3 Å². The van der Waals surface area contributed by atoms with Crippen molar-refractivity contribution in [2.24, 2.45) is 0 Å². The van der Waals surface area contributed by atoms with Crippen LogP contribution in [0.5, 0.6) is 0 Å². The van der Waals surface area contributed by atoms with Gasteiger partial charge in [0.1, 0.15) is 13.1 Å². The Hall–Kier alpha value is -2.19. The third kappa shape index (κ3) is 4.70. The maximum Gasteiger partial charge on any atom is 0.295 e. The number of Topliss-reactive ketones (excluding diaryl/α,β-unsaturated/α-hetero) is 1. The quantitative estimate of drug-likeness (QED) is 0.377. The Balaban J connectivity index is 1.73. The van der Waals surface area contributed by atoms with Crippen molar-refractivity contribution in [2.45, 2.75) is 6.04 Å². The van der Waals surface area contributed by atoms with E-state index < -0.39 is 23.5 Å². The van der Waals surface area contributed by atoms with E-state index in [0.29, 0.717) is 36.9 Å². The van der Waals surface area contributed by atoms with E-state index in [1.165, 1.54) is 9.80 Å². The van der Waals surface area contributed by atoms with Gasteiger partial charge in [-0.2, -0.15) is 0 Å². The Kier molecular flexibility index (Phi) is 6.77. The van der Waals surface area contributed by atoms with Crippen LogP contribution in [-0.2, 0) is 14.3 Å². The van der Waals surface area contributed by atoms with Gasteiger partial charge in [-0.15, -0.1) is 0 Å². The maximum atomic E-state index is 13.3. The number of ether oxygens (including phenoxy) is 1. The summed E-state index contributed by atoms with van der Waals surface area (Å²) >= 11 is 9.40. The third-order valence-corrected chi connectivity index (χ3v) is 6.45. The van der Waals surface area contributed by atoms with Crippen LogP contribution in [-0.4, -0.2) is 56.0 Å². The van der Waals surface area contributed by atoms with Gasteiger partial charge in [0, 0.05) is 15.1 Å². The highest BCUT2D eigenvalue weighted by Gasteiger charge is 2.44. The number of nitrogens with zero attached hydrogens (tertiary/aromatic N) is 1. The van der Waals surface area contributed by atoms with Gasteiger partial charge in [-0.3, -0.25) is 9.59 Å². The molecule has 0 spiro atoms. The molecule has 0 aliphatic carbocycles. The van der Waals surface area contributed by atoms with E-state index in [2.05, 4.69) is 15.9 Å². The van der Waals surface area contributed by atoms with E-state index >= 15 is 0 Å². The predicted molar refractivity (Wildman–Crippen MR) is 118 cm³/mol. The number of hydrogen-bond acceptors (Lipinski definition) is 4. The second kappa shape index (κ2) is 9.53. The van der Waals surface area contributed by atoms with Gasteiger partial charge >= 0.3 is 0 Å². The zero-order valence-electron chi connectivity index (χ0n) is 16.8. The van der Waals surface area contributed by atoms with Crippen molar-refractivity contribution < 1.29 is 24.3 Å². The molecule has 2 saturated heterocycles. The minimum atomic E-state index is -0.734. The van der Waals surface area contributed by atoms with Crippen molar-refractivity contribution >= 4 is 45.0 Å². The third-order valence-electron chi connectivity index (χ3n) is 5.71. The van der Waals surface area contributed by atoms with Crippen LogP contribution in [0.1, 0.15) is 17.2 Å². The number of nitrogens with one attached hydrogen (secondary N) is 1. The largest absolute Gasteiger partial charge is 0.872 e. The normalized spacial score (nSPS) is 21.6. The molecule has 1 N–H and O–H groups in total. The van der Waals surface area contributed by atoms with Crippen LogP contribution in [0.15, 0.2) is 58.6 Å². The SMILES string of the molecule is O=C1C(=O)N(CC[NH+]2CCOCC2)C(c2cccc(Br)c2)C1=C([O-])c1ccc(Cl)cc1. The van der Waals surface area contributed by atoms with Gasteiger partial charge in [0.15, 0.2) is 0 Å². The molecule has 1 atom stereocenters. The number of carbonyl (C=O) groups is 2. The molecule has 6 nitrogen and oxygen atoms in total. The minimum absolute atomic E-state index is 0.0117. The van der Waals surface area contributed by atoms with Crippen molar-refractivity contribution in [3.05, 3.63) is 74.7 Å². The van der Waals surface area contributed by atoms with Gasteiger partial charge in [0.2, 0.25) is 5.78 Å². The number of rotatable bonds is 5. The fourth-order valence-electron chi connectivity index (χ4n) is 4.07. The monoisotopic (exact) mass is 504 g/mol. The number of halogens is 2. The summed E-state index contributed by atoms with van der Waals surface area (Å²) in [6.07, 6.45) is 0. The smallest absolute Gasteiger partial charge is 0.295 e. The Labute approximate surface area is 194 Å². The average Bonchev–Trinajstić information content (AvgIpc) is 3.03. The molecular weight excluding hydrogens is 484 g/mol. The molecule has 4 rings (SSSR count). The van der Waals surface area contributed by atoms with E-state index in [-0.39, 0.29) is 5.57 Å². The lowest BCUT2D eigenvalue weighted by molar-refractivity contribution is -0.907. The molecule has 2 fully saturated rings. The van der Waals surface area contributed by atoms with Crippen molar-refractivity contribution in [3.8, 4) is 0 Å². The zero-order chi connectivity index (χ0) is 22.0. The fourth-order valence-corrected chi connectivity index (χ4v) is 4.61. The average molecular weight is 506 g/mol. The lowest BCUT2D eigenvalue weighted by Crippen LogP contribution is -3.14. The van der Waals surface area contributed by atoms with E-state index in [0.717, 1.165) is 23.1 Å². The first-order chi connectivity index (χ1) is 15.0. The van der Waals surface area contributed by atoms with Crippen molar-refractivity contribution in [1.82, 2.24) is 4.90 Å². The molecule has 0 aromatic heterocycles. The molecule has 1 unspecified atom stereocenters. The van der Waals surface area contributed by atoms with Crippen LogP contribution in [0, 0.1) is 0 Å². The summed E-state index contributed by atoms with van der Waals surface area (Å²) in [5.74, 6) is -1.81. The highest BCUT2D eigenvalue weighted by Crippen LogP contribution is 2.39. The Morgan fingerprint density at radius 2 is 1.87 bits per heavy atom. The standard InChI is InChI=1S/C23H22BrClN2O4/c24-17-3-1-2-16(14-17)20-19(21(28)15-4-6-18(25)7-5-15)22(29)23(30)27(20)9-8-26-10-12-31-13-11-26/h1-7,14,20,28H,8-13H2. The molecular formula is C23H22BrClN2O4. The number of hydrogen-bond donors (Lipinski definition) is 1. The first-order valence-electron chi connectivity index (χ1n) is 10.1. The lowest BCUT2D eigenvalue weighted by atomic mass is 9.95. The maximum absolute atomic E-state index is 13.3. The van der Waals surface area contributed by atoms with E-state index in [1.54, 1.807) is 24.3 Å². The fraction of sp³-hybridized carbons (Fsp3) is 0.304. The molecule has 2 aromatic rings. The Bertz CT molecular complexity index is 1020. The molecule has 2 heterocycles. The number of carbonyl (C=O) groups excluding carboxylic acids is 2. The van der Waals surface area contributed by atoms with Gasteiger partial charge in [-0.25, -0.2) is 0 Å². The molecule has 2 aliphatic heterocycles. The molecule has 0 radical (unpaired) electrons. The minimum Gasteiger partial charge on any atom is -0.872 e. The van der Waals surface area contributed by atoms with Crippen LogP contribution in [0.4, 0.5) is 0 Å². The van der Waals surface area contributed by atoms with E-state index in [9.17, 15) is 14.7 Å². The zero-order valence-corrected chi connectivity index (χ0v) is 19.1. The summed E-state index contributed by atoms with van der Waals surface area (Å²) in [5, 5.41) is 13.8. The van der Waals surface area contributed by atoms with Gasteiger partial charge in [-0.1, -0.05) is 57.6 Å². The van der Waals surface area contributed by atoms with Crippen molar-refractivity contribution in [1.29, 1.82) is 0 Å². The molecule has 2 aliphatic rings. The van der Waals surface area contributed by atoms with Gasteiger partial charge < -0.3 is 19.6 Å². The van der Waals surface area contributed by atoms with Gasteiger partial charge in [0.05, 0.1) is 32.3 Å². The summed E-state index contributed by atoms with van der Waals surface area (Å²) < 4.78 is 6.21. The topological polar surface area (TPSA) is 74.1 Å². The molecule has 1 amide bonds. The lowest BCUT2D eigenvalue weighted by Gasteiger charge is -2.30. The number of benzene rings is 2. The van der Waals surface area contributed by atoms with E-state index in [4.69, 9.17) is 16.3 Å². The number of ketones is 1. The van der Waals surface area contributed by atoms with Crippen molar-refractivity contribution in [2.75, 3.05) is 39.4 Å². The molecule has 31 heavy (non-hydrogen) atoms. The molecule has 8 heteroatoms. The van der Waals surface area contributed by atoms with Crippen molar-refractivity contribution in [3.63, 3.8) is 0 Å². The second-order valence-corrected chi connectivity index (χ2v) is 9.00. The molecule has 2 aromatic carbocycles. The summed E-state index contributed by atoms with van der Waals surface area (Å²) in [4.78, 5) is 28.8. The summed E-state index contributed by atoms with van der Waals surface area (Å²) in [5.41, 5.74) is 1.05. The number of morpholine rings is 1. The Morgan fingerprint density at radius 3 is 2.55 bits per heavy atom. The van der Waals surface area contributed by atoms with Crippen LogP contribution >= 0.6 is 27.5 Å². The highest BCUT2D eigenvalue weighted by atomic mass is 79.9. The molecule has 0 bridgehead atoms. The number of quaternary nitrogens is 1. The van der Waals surface area contributed by atoms with Crippen LogP contribution in [0.25, 0.3) is 5.76 Å². The second-order valence-electron chi connectivity index (χ2n) is 7.65. The Morgan fingerprint density at radius 1 is 1.16 bits per heavy atom. The van der Waals surface area contributed by atoms with Gasteiger partial charge in [-0.05, 0) is 35.4 Å². The summed E-state index contributed by atoms with van der Waals surface area (Å²) in [6.45, 7) is 4.16. The highest BCUT2D eigenvalue weighted by molar-refractivity contribution is 9.10. The first-order valence-corrected chi connectivity index (χ1v) is 11.3. The van der Waals surface area contributed by atoms with Crippen LogP contribution < -0.4 is 10.0 Å². The molecule has 0 saturated carbocycles. The molecule has 162 valence electrons.